The van der Waals surface area contributed by atoms with Crippen molar-refractivity contribution in [1.29, 1.82) is 0 Å². The van der Waals surface area contributed by atoms with Gasteiger partial charge in [-0.1, -0.05) is 12.8 Å². The van der Waals surface area contributed by atoms with Crippen LogP contribution in [0.2, 0.25) is 0 Å². The Balaban J connectivity index is 1.73. The van der Waals surface area contributed by atoms with Crippen molar-refractivity contribution < 1.29 is 4.79 Å². The monoisotopic (exact) mass is 150 g/mol. The molecule has 0 heterocycles. The topological polar surface area (TPSA) is 17.1 Å². The van der Waals surface area contributed by atoms with Crippen molar-refractivity contribution >= 4 is 5.78 Å². The third kappa shape index (κ3) is 0.692. The van der Waals surface area contributed by atoms with E-state index < -0.39 is 0 Å². The zero-order valence-corrected chi connectivity index (χ0v) is 6.81. The summed E-state index contributed by atoms with van der Waals surface area (Å²) in [5.74, 6) is 2.00. The van der Waals surface area contributed by atoms with Gasteiger partial charge in [-0.3, -0.25) is 4.79 Å². The van der Waals surface area contributed by atoms with Crippen LogP contribution in [0.4, 0.5) is 0 Å². The molecule has 1 heteroatoms. The Morgan fingerprint density at radius 3 is 2.18 bits per heavy atom. The highest BCUT2D eigenvalue weighted by Gasteiger charge is 2.74. The van der Waals surface area contributed by atoms with Gasteiger partial charge in [-0.25, -0.2) is 0 Å². The van der Waals surface area contributed by atoms with E-state index in [-0.39, 0.29) is 0 Å². The molecule has 0 atom stereocenters. The molecule has 0 aromatic carbocycles. The largest absolute Gasteiger partial charge is 0.299 e. The number of carbonyl (C=O) groups is 1. The van der Waals surface area contributed by atoms with Crippen LogP contribution in [0.5, 0.6) is 0 Å². The number of carbonyl (C=O) groups excluding carboxylic acids is 1. The van der Waals surface area contributed by atoms with Crippen LogP contribution in [0.25, 0.3) is 0 Å². The highest BCUT2D eigenvalue weighted by atomic mass is 16.1. The molecule has 0 aromatic heterocycles. The lowest BCUT2D eigenvalue weighted by atomic mass is 9.94. The molecule has 0 unspecified atom stereocenters. The van der Waals surface area contributed by atoms with Crippen LogP contribution >= 0.6 is 0 Å². The molecule has 60 valence electrons. The second-order valence-corrected chi connectivity index (χ2v) is 4.61. The molecule has 1 nitrogen and oxygen atoms in total. The summed E-state index contributed by atoms with van der Waals surface area (Å²) in [6.07, 6.45) is 7.51. The Labute approximate surface area is 67.2 Å². The van der Waals surface area contributed by atoms with Gasteiger partial charge in [0.2, 0.25) is 0 Å². The Hall–Kier alpha value is -0.330. The van der Waals surface area contributed by atoms with Crippen LogP contribution in [0.1, 0.15) is 38.5 Å². The van der Waals surface area contributed by atoms with Gasteiger partial charge in [0, 0.05) is 11.3 Å². The van der Waals surface area contributed by atoms with Crippen LogP contribution in [0, 0.1) is 17.3 Å². The van der Waals surface area contributed by atoms with Crippen molar-refractivity contribution in [2.45, 2.75) is 38.5 Å². The lowest BCUT2D eigenvalue weighted by Gasteiger charge is -2.08. The highest BCUT2D eigenvalue weighted by Crippen LogP contribution is 2.76. The van der Waals surface area contributed by atoms with Gasteiger partial charge in [0.05, 0.1) is 0 Å². The molecule has 3 fully saturated rings. The molecule has 0 radical (unpaired) electrons. The summed E-state index contributed by atoms with van der Waals surface area (Å²) >= 11 is 0. The summed E-state index contributed by atoms with van der Waals surface area (Å²) < 4.78 is 0. The zero-order chi connectivity index (χ0) is 7.47. The van der Waals surface area contributed by atoms with Crippen molar-refractivity contribution in [2.75, 3.05) is 0 Å². The fourth-order valence-corrected chi connectivity index (χ4v) is 2.70. The van der Waals surface area contributed by atoms with E-state index >= 15 is 0 Å². The molecule has 3 saturated carbocycles. The minimum absolute atomic E-state index is 0.301. The molecule has 0 saturated heterocycles. The standard InChI is InChI=1S/C10H14O/c11-9(7-3-1-2-4-7)10-5-8(10)6-10/h7-8H,1-6H2. The predicted molar refractivity (Wildman–Crippen MR) is 42.1 cm³/mol. The van der Waals surface area contributed by atoms with Crippen molar-refractivity contribution in [3.05, 3.63) is 0 Å². The lowest BCUT2D eigenvalue weighted by Crippen LogP contribution is -2.16. The maximum absolute atomic E-state index is 11.8. The zero-order valence-electron chi connectivity index (χ0n) is 6.81. The van der Waals surface area contributed by atoms with Crippen LogP contribution in [0.3, 0.4) is 0 Å². The van der Waals surface area contributed by atoms with E-state index in [0.717, 1.165) is 5.92 Å². The summed E-state index contributed by atoms with van der Waals surface area (Å²) in [7, 11) is 0. The first-order valence-electron chi connectivity index (χ1n) is 4.87. The Bertz CT molecular complexity index is 207. The lowest BCUT2D eigenvalue weighted by molar-refractivity contribution is -0.125. The molecule has 0 amide bonds. The average molecular weight is 150 g/mol. The summed E-state index contributed by atoms with van der Waals surface area (Å²) in [5, 5.41) is 0. The van der Waals surface area contributed by atoms with E-state index in [1.165, 1.54) is 38.5 Å². The number of hydrogen-bond acceptors (Lipinski definition) is 1. The number of fused-ring (bicyclic) bond motifs is 1. The minimum atomic E-state index is 0.301. The molecule has 3 aliphatic rings. The number of Topliss-reactive ketones (excluding diaryl/α,β-unsaturated/α-hetero) is 1. The van der Waals surface area contributed by atoms with Crippen LogP contribution in [-0.4, -0.2) is 5.78 Å². The Morgan fingerprint density at radius 1 is 1.18 bits per heavy atom. The first kappa shape index (κ1) is 6.22. The summed E-state index contributed by atoms with van der Waals surface area (Å²) in [6, 6.07) is 0. The Kier molecular flexibility index (Phi) is 0.961. The third-order valence-electron chi connectivity index (χ3n) is 3.90. The SMILES string of the molecule is O=C(C1CCCC1)C12CC1C2. The summed E-state index contributed by atoms with van der Waals surface area (Å²) in [6.45, 7) is 0. The van der Waals surface area contributed by atoms with E-state index in [0.29, 0.717) is 17.1 Å². The predicted octanol–water partition coefficient (Wildman–Crippen LogP) is 2.16. The van der Waals surface area contributed by atoms with Gasteiger partial charge in [-0.15, -0.1) is 0 Å². The number of ketones is 1. The summed E-state index contributed by atoms with van der Waals surface area (Å²) in [4.78, 5) is 11.8. The van der Waals surface area contributed by atoms with Gasteiger partial charge in [0.1, 0.15) is 5.78 Å². The normalized spacial score (nSPS) is 47.1. The maximum atomic E-state index is 11.8. The van der Waals surface area contributed by atoms with E-state index in [9.17, 15) is 4.79 Å². The molecule has 0 aromatic rings. The van der Waals surface area contributed by atoms with Crippen molar-refractivity contribution in [2.24, 2.45) is 17.3 Å². The van der Waals surface area contributed by atoms with E-state index in [2.05, 4.69) is 0 Å². The molecule has 0 aliphatic heterocycles. The number of hydrogen-bond donors (Lipinski definition) is 0. The third-order valence-corrected chi connectivity index (χ3v) is 3.90. The van der Waals surface area contributed by atoms with Gasteiger partial charge in [0.25, 0.3) is 0 Å². The van der Waals surface area contributed by atoms with E-state index in [4.69, 9.17) is 0 Å². The molecule has 0 bridgehead atoms. The Morgan fingerprint density at radius 2 is 1.73 bits per heavy atom. The summed E-state index contributed by atoms with van der Waals surface area (Å²) in [5.41, 5.74) is 0.301. The van der Waals surface area contributed by atoms with Gasteiger partial charge in [-0.2, -0.15) is 0 Å². The highest BCUT2D eigenvalue weighted by molar-refractivity contribution is 5.93. The molecule has 0 N–H and O–H groups in total. The molecule has 11 heavy (non-hydrogen) atoms. The quantitative estimate of drug-likeness (QED) is 0.589. The van der Waals surface area contributed by atoms with Gasteiger partial charge < -0.3 is 0 Å². The van der Waals surface area contributed by atoms with Gasteiger partial charge in [-0.05, 0) is 31.6 Å². The van der Waals surface area contributed by atoms with Crippen molar-refractivity contribution in [3.8, 4) is 0 Å². The second-order valence-electron chi connectivity index (χ2n) is 4.61. The van der Waals surface area contributed by atoms with Crippen molar-refractivity contribution in [3.63, 3.8) is 0 Å². The second kappa shape index (κ2) is 1.70. The fraction of sp³-hybridized carbons (Fsp3) is 0.900. The van der Waals surface area contributed by atoms with Crippen LogP contribution in [0.15, 0.2) is 0 Å². The van der Waals surface area contributed by atoms with E-state index in [1.54, 1.807) is 0 Å². The molecular formula is C10H14O. The first-order chi connectivity index (χ1) is 5.33. The van der Waals surface area contributed by atoms with Crippen molar-refractivity contribution in [1.82, 2.24) is 0 Å². The van der Waals surface area contributed by atoms with Gasteiger partial charge >= 0.3 is 0 Å². The fourth-order valence-electron chi connectivity index (χ4n) is 2.70. The van der Waals surface area contributed by atoms with E-state index in [1.807, 2.05) is 0 Å². The molecule has 0 spiro atoms. The van der Waals surface area contributed by atoms with Crippen LogP contribution in [-0.2, 0) is 4.79 Å². The number of rotatable bonds is 2. The molecular weight excluding hydrogens is 136 g/mol. The maximum Gasteiger partial charge on any atom is 0.142 e. The van der Waals surface area contributed by atoms with Crippen LogP contribution < -0.4 is 0 Å². The minimum Gasteiger partial charge on any atom is -0.299 e. The van der Waals surface area contributed by atoms with Gasteiger partial charge in [0.15, 0.2) is 0 Å². The average Bonchev–Trinajstić information content (AvgIpc) is 2.73. The molecule has 3 rings (SSSR count). The smallest absolute Gasteiger partial charge is 0.142 e. The first-order valence-corrected chi connectivity index (χ1v) is 4.87. The molecule has 3 aliphatic carbocycles.